The van der Waals surface area contributed by atoms with Crippen molar-refractivity contribution in [3.8, 4) is 0 Å². The molecule has 15 heavy (non-hydrogen) atoms. The Morgan fingerprint density at radius 1 is 1.27 bits per heavy atom. The molecule has 0 aromatic carbocycles. The summed E-state index contributed by atoms with van der Waals surface area (Å²) < 4.78 is 0. The maximum atomic E-state index is 4.36. The van der Waals surface area contributed by atoms with E-state index in [-0.39, 0.29) is 0 Å². The van der Waals surface area contributed by atoms with E-state index in [0.717, 1.165) is 11.4 Å². The van der Waals surface area contributed by atoms with Crippen molar-refractivity contribution in [3.05, 3.63) is 24.4 Å². The van der Waals surface area contributed by atoms with Crippen LogP contribution in [0.3, 0.4) is 0 Å². The first-order valence-electron chi connectivity index (χ1n) is 5.88. The highest BCUT2D eigenvalue weighted by Gasteiger charge is 2.34. The van der Waals surface area contributed by atoms with Gasteiger partial charge in [0.25, 0.3) is 0 Å². The zero-order valence-corrected chi connectivity index (χ0v) is 10.7. The van der Waals surface area contributed by atoms with Gasteiger partial charge < -0.3 is 4.98 Å². The van der Waals surface area contributed by atoms with Crippen molar-refractivity contribution >= 4 is 14.1 Å². The van der Waals surface area contributed by atoms with E-state index < -0.39 is 8.24 Å². The molecule has 1 aromatic rings. The average Bonchev–Trinajstić information content (AvgIpc) is 2.71. The normalized spacial score (nSPS) is 18.0. The van der Waals surface area contributed by atoms with E-state index in [9.17, 15) is 0 Å². The van der Waals surface area contributed by atoms with E-state index in [1.54, 1.807) is 0 Å². The molecule has 1 saturated carbocycles. The molecule has 2 nitrogen and oxygen atoms in total. The number of nitrogens with one attached hydrogen (secondary N) is 1. The van der Waals surface area contributed by atoms with Crippen LogP contribution in [0.25, 0.3) is 0 Å². The Hall–Kier alpha value is -0.833. The first-order chi connectivity index (χ1) is 7.18. The molecule has 0 amide bonds. The predicted octanol–water partition coefficient (Wildman–Crippen LogP) is 3.64. The van der Waals surface area contributed by atoms with Crippen LogP contribution in [0.2, 0.25) is 18.6 Å². The fourth-order valence-corrected chi connectivity index (χ4v) is 5.38. The van der Waals surface area contributed by atoms with Crippen molar-refractivity contribution in [3.63, 3.8) is 0 Å². The van der Waals surface area contributed by atoms with E-state index in [1.807, 2.05) is 12.3 Å². The Balaban J connectivity index is 2.03. The summed E-state index contributed by atoms with van der Waals surface area (Å²) >= 11 is 0. The van der Waals surface area contributed by atoms with Gasteiger partial charge in [-0.25, -0.2) is 4.98 Å². The number of hydrogen-bond donors (Lipinski definition) is 1. The van der Waals surface area contributed by atoms with Crippen LogP contribution in [-0.2, 0) is 0 Å². The minimum atomic E-state index is -1.32. The van der Waals surface area contributed by atoms with Crippen molar-refractivity contribution in [2.24, 2.45) is 0 Å². The number of anilines is 1. The zero-order valence-electron chi connectivity index (χ0n) is 9.66. The van der Waals surface area contributed by atoms with Gasteiger partial charge in [-0.3, -0.25) is 0 Å². The molecule has 2 rings (SSSR count). The molecule has 0 bridgehead atoms. The second-order valence-corrected chi connectivity index (χ2v) is 9.55. The summed E-state index contributed by atoms with van der Waals surface area (Å²) in [4.78, 5) is 8.05. The van der Waals surface area contributed by atoms with Crippen LogP contribution in [0, 0.1) is 0 Å². The molecule has 1 fully saturated rings. The topological polar surface area (TPSA) is 24.9 Å². The fourth-order valence-electron chi connectivity index (χ4n) is 2.52. The molecule has 82 valence electrons. The molecule has 1 heterocycles. The fraction of sp³-hybridized carbons (Fsp3) is 0.583. The molecule has 0 spiro atoms. The molecule has 3 heteroatoms. The lowest BCUT2D eigenvalue weighted by Gasteiger charge is -2.30. The minimum Gasteiger partial charge on any atom is -0.395 e. The van der Waals surface area contributed by atoms with Gasteiger partial charge in [0.15, 0.2) is 8.24 Å². The van der Waals surface area contributed by atoms with Gasteiger partial charge >= 0.3 is 0 Å². The molecule has 0 saturated heterocycles. The molecule has 1 aromatic heterocycles. The number of hydrogen-bond acceptors (Lipinski definition) is 2. The van der Waals surface area contributed by atoms with Crippen LogP contribution >= 0.6 is 0 Å². The maximum Gasteiger partial charge on any atom is 0.152 e. The van der Waals surface area contributed by atoms with E-state index in [2.05, 4.69) is 35.2 Å². The molecule has 1 N–H and O–H groups in total. The van der Waals surface area contributed by atoms with Gasteiger partial charge in [-0.05, 0) is 17.7 Å². The SMILES string of the molecule is C[Si](C)(Nc1ccccn1)C1CCCC1. The molecule has 1 aliphatic carbocycles. The number of aromatic nitrogens is 1. The van der Waals surface area contributed by atoms with Gasteiger partial charge in [0.05, 0.1) is 0 Å². The van der Waals surface area contributed by atoms with Crippen LogP contribution in [-0.4, -0.2) is 13.2 Å². The lowest BCUT2D eigenvalue weighted by molar-refractivity contribution is 0.838. The molecular formula is C12H20N2Si. The monoisotopic (exact) mass is 220 g/mol. The standard InChI is InChI=1S/C12H20N2Si/c1-15(2,11-7-3-4-8-11)14-12-9-5-6-10-13-12/h5-6,9-11H,3-4,7-8H2,1-2H3,(H,13,14). The molecule has 0 atom stereocenters. The summed E-state index contributed by atoms with van der Waals surface area (Å²) in [5.74, 6) is 1.06. The third-order valence-corrected chi connectivity index (χ3v) is 7.01. The van der Waals surface area contributed by atoms with Crippen molar-refractivity contribution in [2.75, 3.05) is 4.98 Å². The first kappa shape index (κ1) is 10.7. The second kappa shape index (κ2) is 4.35. The van der Waals surface area contributed by atoms with Crippen molar-refractivity contribution < 1.29 is 0 Å². The van der Waals surface area contributed by atoms with Crippen molar-refractivity contribution in [1.29, 1.82) is 0 Å². The second-order valence-electron chi connectivity index (χ2n) is 5.04. The number of pyridine rings is 1. The zero-order chi connectivity index (χ0) is 10.7. The van der Waals surface area contributed by atoms with E-state index in [0.29, 0.717) is 0 Å². The lowest BCUT2D eigenvalue weighted by Crippen LogP contribution is -2.41. The Kier molecular flexibility index (Phi) is 3.10. The Bertz CT molecular complexity index is 305. The smallest absolute Gasteiger partial charge is 0.152 e. The third-order valence-electron chi connectivity index (χ3n) is 3.49. The Morgan fingerprint density at radius 3 is 2.60 bits per heavy atom. The summed E-state index contributed by atoms with van der Waals surface area (Å²) in [6.07, 6.45) is 7.54. The van der Waals surface area contributed by atoms with Crippen LogP contribution in [0.1, 0.15) is 25.7 Å². The van der Waals surface area contributed by atoms with Crippen LogP contribution < -0.4 is 4.98 Å². The van der Waals surface area contributed by atoms with Gasteiger partial charge in [0.2, 0.25) is 0 Å². The van der Waals surface area contributed by atoms with E-state index in [1.165, 1.54) is 25.7 Å². The molecule has 1 aliphatic rings. The summed E-state index contributed by atoms with van der Waals surface area (Å²) in [6, 6.07) is 6.09. The molecule has 0 aliphatic heterocycles. The molecular weight excluding hydrogens is 200 g/mol. The van der Waals surface area contributed by atoms with Gasteiger partial charge in [0.1, 0.15) is 5.82 Å². The highest BCUT2D eigenvalue weighted by atomic mass is 28.3. The summed E-state index contributed by atoms with van der Waals surface area (Å²) in [7, 11) is -1.32. The number of nitrogens with zero attached hydrogens (tertiary/aromatic N) is 1. The van der Waals surface area contributed by atoms with E-state index in [4.69, 9.17) is 0 Å². The van der Waals surface area contributed by atoms with E-state index >= 15 is 0 Å². The van der Waals surface area contributed by atoms with Crippen molar-refractivity contribution in [1.82, 2.24) is 4.98 Å². The highest BCUT2D eigenvalue weighted by Crippen LogP contribution is 2.38. The first-order valence-corrected chi connectivity index (χ1v) is 8.95. The van der Waals surface area contributed by atoms with Gasteiger partial charge in [-0.2, -0.15) is 0 Å². The van der Waals surface area contributed by atoms with Gasteiger partial charge in [-0.15, -0.1) is 0 Å². The predicted molar refractivity (Wildman–Crippen MR) is 67.6 cm³/mol. The minimum absolute atomic E-state index is 0.930. The summed E-state index contributed by atoms with van der Waals surface area (Å²) in [5.41, 5.74) is 0.930. The average molecular weight is 220 g/mol. The Morgan fingerprint density at radius 2 is 2.00 bits per heavy atom. The van der Waals surface area contributed by atoms with Crippen LogP contribution in [0.5, 0.6) is 0 Å². The summed E-state index contributed by atoms with van der Waals surface area (Å²) in [6.45, 7) is 4.86. The van der Waals surface area contributed by atoms with Crippen molar-refractivity contribution in [2.45, 2.75) is 44.3 Å². The lowest BCUT2D eigenvalue weighted by atomic mass is 10.4. The summed E-state index contributed by atoms with van der Waals surface area (Å²) in [5, 5.41) is 0. The number of rotatable bonds is 3. The molecule has 0 unspecified atom stereocenters. The third kappa shape index (κ3) is 2.59. The van der Waals surface area contributed by atoms with Gasteiger partial charge in [0, 0.05) is 6.20 Å². The van der Waals surface area contributed by atoms with Crippen LogP contribution in [0.4, 0.5) is 5.82 Å². The van der Waals surface area contributed by atoms with Gasteiger partial charge in [-0.1, -0.05) is 44.8 Å². The largest absolute Gasteiger partial charge is 0.395 e. The Labute approximate surface area is 93.2 Å². The van der Waals surface area contributed by atoms with Crippen LogP contribution in [0.15, 0.2) is 24.4 Å². The maximum absolute atomic E-state index is 4.36. The highest BCUT2D eigenvalue weighted by molar-refractivity contribution is 6.81. The molecule has 0 radical (unpaired) electrons. The quantitative estimate of drug-likeness (QED) is 0.787.